The number of aromatic carboxylic acids is 1. The number of carboxylic acids is 1. The van der Waals surface area contributed by atoms with E-state index >= 15 is 0 Å². The van der Waals surface area contributed by atoms with E-state index in [0.29, 0.717) is 12.0 Å². The van der Waals surface area contributed by atoms with E-state index in [0.717, 1.165) is 11.3 Å². The molecule has 0 radical (unpaired) electrons. The Labute approximate surface area is 123 Å². The highest BCUT2D eigenvalue weighted by atomic mass is 19.1. The minimum atomic E-state index is -0.941. The first-order chi connectivity index (χ1) is 9.97. The zero-order valence-electron chi connectivity index (χ0n) is 12.1. The summed E-state index contributed by atoms with van der Waals surface area (Å²) in [5.41, 5.74) is 2.65. The fraction of sp³-hybridized carbons (Fsp3) is 0.235. The number of benzene rings is 2. The van der Waals surface area contributed by atoms with Crippen molar-refractivity contribution in [3.8, 4) is 0 Å². The van der Waals surface area contributed by atoms with Gasteiger partial charge in [-0.15, -0.1) is 0 Å². The molecule has 0 aliphatic heterocycles. The summed E-state index contributed by atoms with van der Waals surface area (Å²) in [6.45, 7) is 3.82. The molecule has 0 saturated heterocycles. The molecule has 1 unspecified atom stereocenters. The number of aryl methyl sites for hydroxylation is 1. The molecule has 2 rings (SSSR count). The number of nitrogens with one attached hydrogen (secondary N) is 1. The number of carbonyl (C=O) groups is 1. The largest absolute Gasteiger partial charge is 0.478 e. The predicted octanol–water partition coefficient (Wildman–Crippen LogP) is 3.88. The van der Waals surface area contributed by atoms with Crippen LogP contribution in [0.2, 0.25) is 0 Å². The molecule has 1 atom stereocenters. The second-order valence-corrected chi connectivity index (χ2v) is 5.18. The van der Waals surface area contributed by atoms with Gasteiger partial charge in [0.1, 0.15) is 5.82 Å². The van der Waals surface area contributed by atoms with Crippen LogP contribution in [0.25, 0.3) is 0 Å². The fourth-order valence-corrected chi connectivity index (χ4v) is 2.27. The van der Waals surface area contributed by atoms with Crippen LogP contribution in [0, 0.1) is 12.7 Å². The van der Waals surface area contributed by atoms with Crippen molar-refractivity contribution < 1.29 is 14.3 Å². The van der Waals surface area contributed by atoms with Gasteiger partial charge in [0, 0.05) is 11.7 Å². The van der Waals surface area contributed by atoms with Crippen LogP contribution in [0.1, 0.15) is 28.4 Å². The van der Waals surface area contributed by atoms with Crippen molar-refractivity contribution in [2.45, 2.75) is 26.3 Å². The summed E-state index contributed by atoms with van der Waals surface area (Å²) in [4.78, 5) is 10.9. The van der Waals surface area contributed by atoms with Crippen molar-refractivity contribution in [2.24, 2.45) is 0 Å². The van der Waals surface area contributed by atoms with Crippen molar-refractivity contribution >= 4 is 11.7 Å². The van der Waals surface area contributed by atoms with E-state index in [-0.39, 0.29) is 17.4 Å². The van der Waals surface area contributed by atoms with E-state index in [2.05, 4.69) is 5.32 Å². The predicted molar refractivity (Wildman–Crippen MR) is 81.3 cm³/mol. The van der Waals surface area contributed by atoms with Crippen molar-refractivity contribution in [2.75, 3.05) is 5.32 Å². The van der Waals surface area contributed by atoms with Gasteiger partial charge in [0.15, 0.2) is 0 Å². The lowest BCUT2D eigenvalue weighted by Crippen LogP contribution is -2.19. The SMILES string of the molecule is Cc1cc(C(=O)O)ccc1NC(C)Cc1ccccc1F. The molecule has 21 heavy (non-hydrogen) atoms. The van der Waals surface area contributed by atoms with Gasteiger partial charge >= 0.3 is 5.97 Å². The fourth-order valence-electron chi connectivity index (χ4n) is 2.27. The first kappa shape index (κ1) is 15.0. The maximum absolute atomic E-state index is 13.6. The molecule has 110 valence electrons. The summed E-state index contributed by atoms with van der Waals surface area (Å²) in [6.07, 6.45) is 0.562. The summed E-state index contributed by atoms with van der Waals surface area (Å²) < 4.78 is 13.6. The zero-order valence-corrected chi connectivity index (χ0v) is 12.1. The van der Waals surface area contributed by atoms with E-state index in [1.165, 1.54) is 6.07 Å². The third-order valence-electron chi connectivity index (χ3n) is 3.36. The third kappa shape index (κ3) is 3.81. The standard InChI is InChI=1S/C17H18FNO2/c1-11-9-14(17(20)21)7-8-16(11)19-12(2)10-13-5-3-4-6-15(13)18/h3-9,12,19H,10H2,1-2H3,(H,20,21). The van der Waals surface area contributed by atoms with E-state index in [1.807, 2.05) is 19.9 Å². The van der Waals surface area contributed by atoms with Crippen molar-refractivity contribution in [1.82, 2.24) is 0 Å². The summed E-state index contributed by atoms with van der Waals surface area (Å²) in [5.74, 6) is -1.15. The van der Waals surface area contributed by atoms with Crippen LogP contribution < -0.4 is 5.32 Å². The number of halogens is 1. The first-order valence-electron chi connectivity index (χ1n) is 6.81. The van der Waals surface area contributed by atoms with Gasteiger partial charge < -0.3 is 10.4 Å². The summed E-state index contributed by atoms with van der Waals surface area (Å²) in [7, 11) is 0. The van der Waals surface area contributed by atoms with Gasteiger partial charge in [-0.3, -0.25) is 0 Å². The maximum Gasteiger partial charge on any atom is 0.335 e. The molecule has 0 saturated carbocycles. The Morgan fingerprint density at radius 2 is 2.00 bits per heavy atom. The van der Waals surface area contributed by atoms with Gasteiger partial charge in [0.05, 0.1) is 5.56 Å². The van der Waals surface area contributed by atoms with E-state index in [9.17, 15) is 9.18 Å². The number of hydrogen-bond acceptors (Lipinski definition) is 2. The lowest BCUT2D eigenvalue weighted by Gasteiger charge is -2.17. The van der Waals surface area contributed by atoms with Crippen LogP contribution in [0.4, 0.5) is 10.1 Å². The van der Waals surface area contributed by atoms with Crippen LogP contribution >= 0.6 is 0 Å². The van der Waals surface area contributed by atoms with Crippen LogP contribution in [-0.4, -0.2) is 17.1 Å². The Morgan fingerprint density at radius 1 is 1.29 bits per heavy atom. The maximum atomic E-state index is 13.6. The molecule has 0 heterocycles. The Morgan fingerprint density at radius 3 is 2.62 bits per heavy atom. The summed E-state index contributed by atoms with van der Waals surface area (Å²) >= 11 is 0. The smallest absolute Gasteiger partial charge is 0.335 e. The zero-order chi connectivity index (χ0) is 15.4. The molecule has 4 heteroatoms. The van der Waals surface area contributed by atoms with Crippen molar-refractivity contribution in [3.63, 3.8) is 0 Å². The molecular weight excluding hydrogens is 269 g/mol. The van der Waals surface area contributed by atoms with E-state index in [1.54, 1.807) is 30.3 Å². The minimum Gasteiger partial charge on any atom is -0.478 e. The summed E-state index contributed by atoms with van der Waals surface area (Å²) in [6, 6.07) is 11.7. The highest BCUT2D eigenvalue weighted by Gasteiger charge is 2.10. The average Bonchev–Trinajstić information content (AvgIpc) is 2.43. The highest BCUT2D eigenvalue weighted by Crippen LogP contribution is 2.19. The Bertz CT molecular complexity index is 655. The van der Waals surface area contributed by atoms with Gasteiger partial charge in [-0.05, 0) is 55.7 Å². The monoisotopic (exact) mass is 287 g/mol. The second kappa shape index (κ2) is 6.39. The Hall–Kier alpha value is -2.36. The topological polar surface area (TPSA) is 49.3 Å². The highest BCUT2D eigenvalue weighted by molar-refractivity contribution is 5.88. The first-order valence-corrected chi connectivity index (χ1v) is 6.81. The molecule has 0 bridgehead atoms. The van der Waals surface area contributed by atoms with Crippen molar-refractivity contribution in [1.29, 1.82) is 0 Å². The lowest BCUT2D eigenvalue weighted by molar-refractivity contribution is 0.0697. The number of carboxylic acid groups (broad SMARTS) is 1. The number of anilines is 1. The van der Waals surface area contributed by atoms with Gasteiger partial charge in [-0.1, -0.05) is 18.2 Å². The van der Waals surface area contributed by atoms with Crippen LogP contribution in [0.15, 0.2) is 42.5 Å². The van der Waals surface area contributed by atoms with Gasteiger partial charge in [0.2, 0.25) is 0 Å². The molecule has 0 aromatic heterocycles. The van der Waals surface area contributed by atoms with Gasteiger partial charge in [0.25, 0.3) is 0 Å². The molecule has 2 aromatic carbocycles. The molecule has 0 aliphatic rings. The molecule has 3 nitrogen and oxygen atoms in total. The number of rotatable bonds is 5. The molecule has 2 aromatic rings. The Kier molecular flexibility index (Phi) is 4.58. The van der Waals surface area contributed by atoms with Crippen LogP contribution in [0.5, 0.6) is 0 Å². The quantitative estimate of drug-likeness (QED) is 0.877. The van der Waals surface area contributed by atoms with E-state index < -0.39 is 5.97 Å². The van der Waals surface area contributed by atoms with E-state index in [4.69, 9.17) is 5.11 Å². The van der Waals surface area contributed by atoms with Crippen molar-refractivity contribution in [3.05, 3.63) is 65.0 Å². The number of hydrogen-bond donors (Lipinski definition) is 2. The molecule has 0 aliphatic carbocycles. The third-order valence-corrected chi connectivity index (χ3v) is 3.36. The van der Waals surface area contributed by atoms with Crippen LogP contribution in [0.3, 0.4) is 0 Å². The van der Waals surface area contributed by atoms with Gasteiger partial charge in [-0.2, -0.15) is 0 Å². The Balaban J connectivity index is 2.08. The second-order valence-electron chi connectivity index (χ2n) is 5.18. The average molecular weight is 287 g/mol. The normalized spacial score (nSPS) is 12.0. The lowest BCUT2D eigenvalue weighted by atomic mass is 10.0. The molecule has 0 fully saturated rings. The summed E-state index contributed by atoms with van der Waals surface area (Å²) in [5, 5.41) is 12.2. The minimum absolute atomic E-state index is 0.0382. The van der Waals surface area contributed by atoms with Gasteiger partial charge in [-0.25, -0.2) is 9.18 Å². The molecule has 2 N–H and O–H groups in total. The van der Waals surface area contributed by atoms with Crippen LogP contribution in [-0.2, 0) is 6.42 Å². The molecule has 0 spiro atoms. The molecule has 0 amide bonds. The molecular formula is C17H18FNO2.